The zero-order chi connectivity index (χ0) is 14.5. The van der Waals surface area contributed by atoms with Crippen LogP contribution in [0.15, 0.2) is 18.3 Å². The van der Waals surface area contributed by atoms with E-state index in [9.17, 15) is 9.90 Å². The van der Waals surface area contributed by atoms with Gasteiger partial charge in [-0.15, -0.1) is 0 Å². The largest absolute Gasteiger partial charge is 0.388 e. The summed E-state index contributed by atoms with van der Waals surface area (Å²) in [4.78, 5) is 16.1. The third kappa shape index (κ3) is 5.39. The van der Waals surface area contributed by atoms with E-state index in [1.807, 2.05) is 0 Å². The standard InChI is InChI=1S/C15H24N2O2/c1-11(2)7-8-15(4,19)10-17-14(18)13-6-5-9-16-12(13)3/h5-6,9,11,19H,7-8,10H2,1-4H3,(H,17,18)/t15-/m1/s1. The number of rotatable bonds is 6. The highest BCUT2D eigenvalue weighted by molar-refractivity contribution is 5.95. The van der Waals surface area contributed by atoms with E-state index in [4.69, 9.17) is 0 Å². The maximum atomic E-state index is 12.0. The van der Waals surface area contributed by atoms with Gasteiger partial charge in [0.25, 0.3) is 5.91 Å². The molecule has 4 nitrogen and oxygen atoms in total. The molecule has 0 fully saturated rings. The third-order valence-electron chi connectivity index (χ3n) is 3.14. The average molecular weight is 264 g/mol. The molecular formula is C15H24N2O2. The Kier molecular flexibility index (Phi) is 5.48. The van der Waals surface area contributed by atoms with Gasteiger partial charge in [-0.25, -0.2) is 0 Å². The predicted octanol–water partition coefficient (Wildman–Crippen LogP) is 2.31. The summed E-state index contributed by atoms with van der Waals surface area (Å²) >= 11 is 0. The number of amides is 1. The molecule has 0 spiro atoms. The summed E-state index contributed by atoms with van der Waals surface area (Å²) in [6.45, 7) is 8.05. The molecule has 0 bridgehead atoms. The second kappa shape index (κ2) is 6.66. The van der Waals surface area contributed by atoms with Crippen molar-refractivity contribution in [1.82, 2.24) is 10.3 Å². The van der Waals surface area contributed by atoms with Gasteiger partial charge < -0.3 is 10.4 Å². The summed E-state index contributed by atoms with van der Waals surface area (Å²) in [5, 5.41) is 13.0. The van der Waals surface area contributed by atoms with Gasteiger partial charge in [0.1, 0.15) is 0 Å². The monoisotopic (exact) mass is 264 g/mol. The first kappa shape index (κ1) is 15.6. The molecule has 19 heavy (non-hydrogen) atoms. The molecule has 1 atom stereocenters. The van der Waals surface area contributed by atoms with Crippen LogP contribution in [0.2, 0.25) is 0 Å². The predicted molar refractivity (Wildman–Crippen MR) is 76.0 cm³/mol. The number of nitrogens with zero attached hydrogens (tertiary/aromatic N) is 1. The second-order valence-corrected chi connectivity index (χ2v) is 5.75. The van der Waals surface area contributed by atoms with E-state index < -0.39 is 5.60 Å². The number of pyridine rings is 1. The van der Waals surface area contributed by atoms with Gasteiger partial charge in [-0.05, 0) is 44.7 Å². The van der Waals surface area contributed by atoms with Gasteiger partial charge >= 0.3 is 0 Å². The summed E-state index contributed by atoms with van der Waals surface area (Å²) < 4.78 is 0. The van der Waals surface area contributed by atoms with Crippen molar-refractivity contribution in [1.29, 1.82) is 0 Å². The summed E-state index contributed by atoms with van der Waals surface area (Å²) in [6.07, 6.45) is 3.27. The Morgan fingerprint density at radius 3 is 2.79 bits per heavy atom. The third-order valence-corrected chi connectivity index (χ3v) is 3.14. The van der Waals surface area contributed by atoms with Gasteiger partial charge in [-0.1, -0.05) is 13.8 Å². The van der Waals surface area contributed by atoms with Gasteiger partial charge in [0.05, 0.1) is 11.2 Å². The normalized spacial score (nSPS) is 14.2. The summed E-state index contributed by atoms with van der Waals surface area (Å²) in [6, 6.07) is 3.47. The molecule has 2 N–H and O–H groups in total. The van der Waals surface area contributed by atoms with E-state index in [2.05, 4.69) is 24.1 Å². The lowest BCUT2D eigenvalue weighted by atomic mass is 9.95. The minimum Gasteiger partial charge on any atom is -0.388 e. The van der Waals surface area contributed by atoms with Crippen molar-refractivity contribution in [3.05, 3.63) is 29.6 Å². The highest BCUT2D eigenvalue weighted by Gasteiger charge is 2.22. The van der Waals surface area contributed by atoms with Crippen LogP contribution in [-0.4, -0.2) is 28.1 Å². The Hall–Kier alpha value is -1.42. The minimum atomic E-state index is -0.865. The molecule has 0 saturated heterocycles. The first-order valence-electron chi connectivity index (χ1n) is 6.74. The molecule has 1 heterocycles. The smallest absolute Gasteiger partial charge is 0.253 e. The van der Waals surface area contributed by atoms with Crippen LogP contribution in [0.3, 0.4) is 0 Å². The average Bonchev–Trinajstić information content (AvgIpc) is 2.34. The van der Waals surface area contributed by atoms with Gasteiger partial charge in [0, 0.05) is 18.4 Å². The van der Waals surface area contributed by atoms with E-state index in [0.717, 1.165) is 6.42 Å². The van der Waals surface area contributed by atoms with E-state index >= 15 is 0 Å². The number of carbonyl (C=O) groups is 1. The van der Waals surface area contributed by atoms with Crippen LogP contribution in [0.25, 0.3) is 0 Å². The molecular weight excluding hydrogens is 240 g/mol. The maximum absolute atomic E-state index is 12.0. The first-order valence-corrected chi connectivity index (χ1v) is 6.74. The fraction of sp³-hybridized carbons (Fsp3) is 0.600. The summed E-state index contributed by atoms with van der Waals surface area (Å²) in [5.74, 6) is 0.359. The fourth-order valence-corrected chi connectivity index (χ4v) is 1.78. The molecule has 0 unspecified atom stereocenters. The lowest BCUT2D eigenvalue weighted by Gasteiger charge is -2.24. The number of aliphatic hydroxyl groups is 1. The van der Waals surface area contributed by atoms with Crippen molar-refractivity contribution in [3.63, 3.8) is 0 Å². The zero-order valence-electron chi connectivity index (χ0n) is 12.2. The quantitative estimate of drug-likeness (QED) is 0.828. The van der Waals surface area contributed by atoms with Crippen molar-refractivity contribution >= 4 is 5.91 Å². The second-order valence-electron chi connectivity index (χ2n) is 5.75. The zero-order valence-corrected chi connectivity index (χ0v) is 12.2. The SMILES string of the molecule is Cc1ncccc1C(=O)NC[C@](C)(O)CCC(C)C. The Morgan fingerprint density at radius 1 is 1.53 bits per heavy atom. The minimum absolute atomic E-state index is 0.185. The molecule has 0 radical (unpaired) electrons. The van der Waals surface area contributed by atoms with Crippen molar-refractivity contribution in [2.24, 2.45) is 5.92 Å². The lowest BCUT2D eigenvalue weighted by Crippen LogP contribution is -2.41. The van der Waals surface area contributed by atoms with E-state index in [-0.39, 0.29) is 12.5 Å². The number of hydrogen-bond acceptors (Lipinski definition) is 3. The molecule has 1 amide bonds. The van der Waals surface area contributed by atoms with Crippen LogP contribution < -0.4 is 5.32 Å². The van der Waals surface area contributed by atoms with Crippen LogP contribution in [0.4, 0.5) is 0 Å². The number of nitrogens with one attached hydrogen (secondary N) is 1. The summed E-state index contributed by atoms with van der Waals surface area (Å²) in [5.41, 5.74) is 0.389. The van der Waals surface area contributed by atoms with Gasteiger partial charge in [-0.2, -0.15) is 0 Å². The highest BCUT2D eigenvalue weighted by atomic mass is 16.3. The van der Waals surface area contributed by atoms with Gasteiger partial charge in [-0.3, -0.25) is 9.78 Å². The number of aromatic nitrogens is 1. The summed E-state index contributed by atoms with van der Waals surface area (Å²) in [7, 11) is 0. The van der Waals surface area contributed by atoms with E-state index in [1.165, 1.54) is 0 Å². The molecule has 4 heteroatoms. The van der Waals surface area contributed by atoms with Crippen LogP contribution in [0, 0.1) is 12.8 Å². The Balaban J connectivity index is 2.52. The van der Waals surface area contributed by atoms with Crippen molar-refractivity contribution in [2.45, 2.75) is 46.1 Å². The van der Waals surface area contributed by atoms with Crippen LogP contribution >= 0.6 is 0 Å². The van der Waals surface area contributed by atoms with Crippen LogP contribution in [-0.2, 0) is 0 Å². The van der Waals surface area contributed by atoms with Crippen LogP contribution in [0.1, 0.15) is 49.7 Å². The molecule has 1 aromatic rings. The number of aryl methyl sites for hydroxylation is 1. The highest BCUT2D eigenvalue weighted by Crippen LogP contribution is 2.15. The van der Waals surface area contributed by atoms with Crippen molar-refractivity contribution in [3.8, 4) is 0 Å². The molecule has 1 aromatic heterocycles. The van der Waals surface area contributed by atoms with Crippen molar-refractivity contribution in [2.75, 3.05) is 6.54 Å². The van der Waals surface area contributed by atoms with Gasteiger partial charge in [0.2, 0.25) is 0 Å². The van der Waals surface area contributed by atoms with Gasteiger partial charge in [0.15, 0.2) is 0 Å². The topological polar surface area (TPSA) is 62.2 Å². The Labute approximate surface area is 115 Å². The molecule has 0 aliphatic heterocycles. The Bertz CT molecular complexity index is 428. The maximum Gasteiger partial charge on any atom is 0.253 e. The number of carbonyl (C=O) groups excluding carboxylic acids is 1. The first-order chi connectivity index (χ1) is 8.82. The van der Waals surface area contributed by atoms with Crippen LogP contribution in [0.5, 0.6) is 0 Å². The molecule has 1 rings (SSSR count). The van der Waals surface area contributed by atoms with Crippen molar-refractivity contribution < 1.29 is 9.90 Å². The Morgan fingerprint density at radius 2 is 2.21 bits per heavy atom. The van der Waals surface area contributed by atoms with E-state index in [1.54, 1.807) is 32.2 Å². The molecule has 106 valence electrons. The lowest BCUT2D eigenvalue weighted by molar-refractivity contribution is 0.0429. The molecule has 0 saturated carbocycles. The molecule has 0 aromatic carbocycles. The molecule has 0 aliphatic rings. The number of hydrogen-bond donors (Lipinski definition) is 2. The molecule has 0 aliphatic carbocycles. The fourth-order valence-electron chi connectivity index (χ4n) is 1.78. The van der Waals surface area contributed by atoms with E-state index in [0.29, 0.717) is 23.6 Å².